The molecule has 0 radical (unpaired) electrons. The highest BCUT2D eigenvalue weighted by atomic mass is 19.1. The molecule has 0 amide bonds. The van der Waals surface area contributed by atoms with Gasteiger partial charge in [0.05, 0.1) is 23.6 Å². The first-order chi connectivity index (χ1) is 8.58. The Morgan fingerprint density at radius 2 is 1.78 bits per heavy atom. The van der Waals surface area contributed by atoms with Gasteiger partial charge in [-0.3, -0.25) is 0 Å². The van der Waals surface area contributed by atoms with Gasteiger partial charge >= 0.3 is 0 Å². The third-order valence-electron chi connectivity index (χ3n) is 2.11. The van der Waals surface area contributed by atoms with Gasteiger partial charge in [0.25, 0.3) is 0 Å². The van der Waals surface area contributed by atoms with E-state index in [1.54, 1.807) is 0 Å². The first-order valence-electron chi connectivity index (χ1n) is 4.91. The third-order valence-corrected chi connectivity index (χ3v) is 2.11. The molecule has 0 aliphatic rings. The van der Waals surface area contributed by atoms with E-state index < -0.39 is 17.2 Å². The zero-order chi connectivity index (χ0) is 13.1. The van der Waals surface area contributed by atoms with E-state index in [0.717, 1.165) is 12.1 Å². The van der Waals surface area contributed by atoms with Crippen LogP contribution in [0.15, 0.2) is 24.5 Å². The van der Waals surface area contributed by atoms with E-state index in [0.29, 0.717) is 0 Å². The van der Waals surface area contributed by atoms with Crippen molar-refractivity contribution in [1.82, 2.24) is 9.97 Å². The van der Waals surface area contributed by atoms with Crippen molar-refractivity contribution in [2.75, 3.05) is 11.5 Å². The Labute approximate surface area is 102 Å². The van der Waals surface area contributed by atoms with Crippen LogP contribution in [0.1, 0.15) is 11.3 Å². The van der Waals surface area contributed by atoms with Crippen molar-refractivity contribution in [3.05, 3.63) is 47.4 Å². The molecular weight excluding hydrogens is 238 g/mol. The number of halogens is 2. The van der Waals surface area contributed by atoms with Crippen LogP contribution in [0.4, 0.5) is 20.3 Å². The molecule has 0 aliphatic heterocycles. The molecular formula is C12H8F2N4. The van der Waals surface area contributed by atoms with Crippen LogP contribution in [0, 0.1) is 23.5 Å². The molecule has 1 heterocycles. The zero-order valence-electron chi connectivity index (χ0n) is 9.11. The number of nitrogens with two attached hydrogens (primary N) is 2. The van der Waals surface area contributed by atoms with Gasteiger partial charge in [0.2, 0.25) is 0 Å². The molecule has 1 aromatic heterocycles. The number of rotatable bonds is 0. The number of hydrogen-bond donors (Lipinski definition) is 2. The van der Waals surface area contributed by atoms with Crippen LogP contribution < -0.4 is 11.5 Å². The summed E-state index contributed by atoms with van der Waals surface area (Å²) in [5, 5.41) is 0. The van der Waals surface area contributed by atoms with Crippen molar-refractivity contribution in [2.24, 2.45) is 0 Å². The standard InChI is InChI=1S/C12H8F2N4/c13-9-3-4-10(15)12(14)8(9)2-1-7-5-18-11(16)6-17-7/h3-6H,15H2,(H2,16,18). The molecule has 90 valence electrons. The quantitative estimate of drug-likeness (QED) is 0.543. The summed E-state index contributed by atoms with van der Waals surface area (Å²) < 4.78 is 26.8. The number of hydrogen-bond acceptors (Lipinski definition) is 4. The van der Waals surface area contributed by atoms with E-state index in [1.807, 2.05) is 0 Å². The van der Waals surface area contributed by atoms with Gasteiger partial charge in [-0.15, -0.1) is 0 Å². The highest BCUT2D eigenvalue weighted by molar-refractivity contribution is 5.51. The summed E-state index contributed by atoms with van der Waals surface area (Å²) in [6, 6.07) is 2.19. The Kier molecular flexibility index (Phi) is 3.06. The molecule has 4 nitrogen and oxygen atoms in total. The highest BCUT2D eigenvalue weighted by Crippen LogP contribution is 2.17. The minimum atomic E-state index is -0.883. The van der Waals surface area contributed by atoms with Crippen LogP contribution in [0.2, 0.25) is 0 Å². The van der Waals surface area contributed by atoms with Crippen molar-refractivity contribution in [1.29, 1.82) is 0 Å². The van der Waals surface area contributed by atoms with Crippen molar-refractivity contribution >= 4 is 11.5 Å². The van der Waals surface area contributed by atoms with Gasteiger partial charge in [0.1, 0.15) is 17.3 Å². The number of aromatic nitrogens is 2. The van der Waals surface area contributed by atoms with Crippen molar-refractivity contribution < 1.29 is 8.78 Å². The van der Waals surface area contributed by atoms with Crippen LogP contribution in [-0.2, 0) is 0 Å². The zero-order valence-corrected chi connectivity index (χ0v) is 9.11. The lowest BCUT2D eigenvalue weighted by molar-refractivity contribution is 0.580. The molecule has 2 aromatic rings. The van der Waals surface area contributed by atoms with Crippen molar-refractivity contribution in [3.63, 3.8) is 0 Å². The number of benzene rings is 1. The SMILES string of the molecule is Nc1cnc(C#Cc2c(F)ccc(N)c2F)cn1. The van der Waals surface area contributed by atoms with Gasteiger partial charge in [-0.1, -0.05) is 5.92 Å². The van der Waals surface area contributed by atoms with Gasteiger partial charge in [0, 0.05) is 0 Å². The minimum Gasteiger partial charge on any atom is -0.396 e. The first kappa shape index (κ1) is 11.8. The lowest BCUT2D eigenvalue weighted by atomic mass is 10.1. The van der Waals surface area contributed by atoms with E-state index in [1.165, 1.54) is 12.4 Å². The number of nitrogen functional groups attached to an aromatic ring is 2. The molecule has 0 bridgehead atoms. The van der Waals surface area contributed by atoms with Gasteiger partial charge in [-0.05, 0) is 18.1 Å². The average Bonchev–Trinajstić information content (AvgIpc) is 2.36. The Hall–Kier alpha value is -2.68. The molecule has 0 spiro atoms. The molecule has 6 heteroatoms. The highest BCUT2D eigenvalue weighted by Gasteiger charge is 2.09. The predicted octanol–water partition coefficient (Wildman–Crippen LogP) is 1.32. The number of anilines is 2. The first-order valence-corrected chi connectivity index (χ1v) is 4.91. The van der Waals surface area contributed by atoms with Crippen LogP contribution in [0.5, 0.6) is 0 Å². The fourth-order valence-corrected chi connectivity index (χ4v) is 1.21. The van der Waals surface area contributed by atoms with Gasteiger partial charge in [-0.25, -0.2) is 18.7 Å². The maximum absolute atomic E-state index is 13.5. The van der Waals surface area contributed by atoms with Gasteiger partial charge < -0.3 is 11.5 Å². The molecule has 0 saturated heterocycles. The lowest BCUT2D eigenvalue weighted by Gasteiger charge is -1.99. The van der Waals surface area contributed by atoms with Crippen LogP contribution in [0.3, 0.4) is 0 Å². The molecule has 0 aliphatic carbocycles. The Bertz CT molecular complexity index is 642. The summed E-state index contributed by atoms with van der Waals surface area (Å²) >= 11 is 0. The fraction of sp³-hybridized carbons (Fsp3) is 0. The second-order valence-corrected chi connectivity index (χ2v) is 3.40. The number of nitrogens with zero attached hydrogens (tertiary/aromatic N) is 2. The average molecular weight is 246 g/mol. The van der Waals surface area contributed by atoms with Crippen LogP contribution in [-0.4, -0.2) is 9.97 Å². The van der Waals surface area contributed by atoms with Crippen LogP contribution >= 0.6 is 0 Å². The van der Waals surface area contributed by atoms with Gasteiger partial charge in [-0.2, -0.15) is 0 Å². The Morgan fingerprint density at radius 1 is 1.00 bits per heavy atom. The van der Waals surface area contributed by atoms with E-state index in [4.69, 9.17) is 11.5 Å². The Balaban J connectivity index is 2.41. The summed E-state index contributed by atoms with van der Waals surface area (Å²) in [5.74, 6) is 3.39. The van der Waals surface area contributed by atoms with E-state index in [9.17, 15) is 8.78 Å². The maximum atomic E-state index is 13.5. The molecule has 2 rings (SSSR count). The molecule has 4 N–H and O–H groups in total. The molecule has 0 fully saturated rings. The molecule has 18 heavy (non-hydrogen) atoms. The largest absolute Gasteiger partial charge is 0.396 e. The summed E-state index contributed by atoms with van der Waals surface area (Å²) in [5.41, 5.74) is 10.4. The topological polar surface area (TPSA) is 77.8 Å². The third kappa shape index (κ3) is 2.35. The summed E-state index contributed by atoms with van der Waals surface area (Å²) in [4.78, 5) is 7.59. The molecule has 0 atom stereocenters. The van der Waals surface area contributed by atoms with Crippen molar-refractivity contribution in [2.45, 2.75) is 0 Å². The van der Waals surface area contributed by atoms with Crippen LogP contribution in [0.25, 0.3) is 0 Å². The smallest absolute Gasteiger partial charge is 0.164 e. The van der Waals surface area contributed by atoms with E-state index in [-0.39, 0.29) is 17.2 Å². The second kappa shape index (κ2) is 4.67. The Morgan fingerprint density at radius 3 is 2.44 bits per heavy atom. The fourth-order valence-electron chi connectivity index (χ4n) is 1.21. The van der Waals surface area contributed by atoms with Gasteiger partial charge in [0.15, 0.2) is 5.82 Å². The van der Waals surface area contributed by atoms with E-state index in [2.05, 4.69) is 21.8 Å². The summed E-state index contributed by atoms with van der Waals surface area (Å²) in [6.45, 7) is 0. The lowest BCUT2D eigenvalue weighted by Crippen LogP contribution is -1.97. The predicted molar refractivity (Wildman–Crippen MR) is 63.2 cm³/mol. The summed E-state index contributed by atoms with van der Waals surface area (Å²) in [6.07, 6.45) is 2.61. The maximum Gasteiger partial charge on any atom is 0.164 e. The van der Waals surface area contributed by atoms with Crippen molar-refractivity contribution in [3.8, 4) is 11.8 Å². The molecule has 0 saturated carbocycles. The van der Waals surface area contributed by atoms with E-state index >= 15 is 0 Å². The molecule has 0 unspecified atom stereocenters. The monoisotopic (exact) mass is 246 g/mol. The minimum absolute atomic E-state index is 0.163. The second-order valence-electron chi connectivity index (χ2n) is 3.40. The molecule has 1 aromatic carbocycles. The summed E-state index contributed by atoms with van der Waals surface area (Å²) in [7, 11) is 0. The normalized spacial score (nSPS) is 9.67.